The minimum atomic E-state index is -4.61. The Kier molecular flexibility index (Phi) is 5.24. The second-order valence-corrected chi connectivity index (χ2v) is 7.22. The molecule has 1 aliphatic rings. The Labute approximate surface area is 170 Å². The van der Waals surface area contributed by atoms with Crippen LogP contribution >= 0.6 is 0 Å². The van der Waals surface area contributed by atoms with Crippen molar-refractivity contribution >= 4 is 28.5 Å². The van der Waals surface area contributed by atoms with Crippen LogP contribution in [0.5, 0.6) is 0 Å². The molecule has 0 radical (unpaired) electrons. The number of aryl methyl sites for hydroxylation is 2. The number of benzene rings is 2. The first-order valence-corrected chi connectivity index (χ1v) is 9.59. The number of amides is 1. The van der Waals surface area contributed by atoms with Gasteiger partial charge in [0, 0.05) is 16.6 Å². The van der Waals surface area contributed by atoms with Crippen LogP contribution in [0.2, 0.25) is 0 Å². The van der Waals surface area contributed by atoms with Crippen molar-refractivity contribution in [1.29, 1.82) is 0 Å². The van der Waals surface area contributed by atoms with Gasteiger partial charge in [0.2, 0.25) is 0 Å². The zero-order chi connectivity index (χ0) is 21.3. The molecule has 1 amide bonds. The predicted molar refractivity (Wildman–Crippen MR) is 105 cm³/mol. The summed E-state index contributed by atoms with van der Waals surface area (Å²) in [5, 5.41) is 3.11. The lowest BCUT2D eigenvalue weighted by atomic mass is 9.95. The van der Waals surface area contributed by atoms with Gasteiger partial charge >= 0.3 is 12.1 Å². The van der Waals surface area contributed by atoms with Crippen LogP contribution in [-0.4, -0.2) is 23.5 Å². The molecular weight excluding hydrogens is 397 g/mol. The number of para-hydroxylation sites is 1. The molecule has 1 aromatic heterocycles. The maximum atomic E-state index is 13.0. The van der Waals surface area contributed by atoms with Crippen LogP contribution in [0, 0.1) is 0 Å². The lowest BCUT2D eigenvalue weighted by Gasteiger charge is -2.13. The number of ether oxygens (including phenoxy) is 1. The molecule has 2 aromatic carbocycles. The van der Waals surface area contributed by atoms with Crippen molar-refractivity contribution in [2.24, 2.45) is 0 Å². The fourth-order valence-corrected chi connectivity index (χ4v) is 3.77. The lowest BCUT2D eigenvalue weighted by molar-refractivity contribution is -0.137. The number of halogens is 3. The van der Waals surface area contributed by atoms with Gasteiger partial charge in [-0.25, -0.2) is 4.79 Å². The van der Waals surface area contributed by atoms with Crippen LogP contribution in [0.15, 0.2) is 42.5 Å². The molecule has 3 aromatic rings. The quantitative estimate of drug-likeness (QED) is 0.597. The van der Waals surface area contributed by atoms with Gasteiger partial charge < -0.3 is 15.0 Å². The molecule has 0 fully saturated rings. The van der Waals surface area contributed by atoms with Gasteiger partial charge in [-0.3, -0.25) is 4.79 Å². The zero-order valence-electron chi connectivity index (χ0n) is 15.9. The zero-order valence-corrected chi connectivity index (χ0v) is 15.9. The average Bonchev–Trinajstić information content (AvgIpc) is 3.09. The average molecular weight is 416 g/mol. The second-order valence-electron chi connectivity index (χ2n) is 7.22. The van der Waals surface area contributed by atoms with E-state index in [2.05, 4.69) is 10.3 Å². The summed E-state index contributed by atoms with van der Waals surface area (Å²) in [6.07, 6.45) is -0.473. The third-order valence-electron chi connectivity index (χ3n) is 5.17. The number of nitrogens with one attached hydrogen (secondary N) is 2. The number of esters is 1. The summed E-state index contributed by atoms with van der Waals surface area (Å²) in [6.45, 7) is -0.686. The van der Waals surface area contributed by atoms with Gasteiger partial charge in [-0.05, 0) is 61.6 Å². The molecule has 0 atom stereocenters. The fraction of sp³-hybridized carbons (Fsp3) is 0.273. The standard InChI is InChI=1S/C22H19F3N2O3/c23-22(24,25)16-6-2-4-8-19(16)27-20(28)12-30-21(29)13-9-10-18-15(11-13)14-5-1-3-7-17(14)26-18/h2,4,6,8-11,26H,1,3,5,7,12H2,(H,27,28). The van der Waals surface area contributed by atoms with Crippen molar-refractivity contribution in [3.8, 4) is 0 Å². The first-order valence-electron chi connectivity index (χ1n) is 9.59. The van der Waals surface area contributed by atoms with E-state index in [1.165, 1.54) is 23.4 Å². The van der Waals surface area contributed by atoms with E-state index in [1.54, 1.807) is 18.2 Å². The minimum Gasteiger partial charge on any atom is -0.452 e. The maximum absolute atomic E-state index is 13.0. The van der Waals surface area contributed by atoms with E-state index in [-0.39, 0.29) is 5.69 Å². The van der Waals surface area contributed by atoms with E-state index in [4.69, 9.17) is 4.74 Å². The van der Waals surface area contributed by atoms with E-state index in [1.807, 2.05) is 0 Å². The van der Waals surface area contributed by atoms with Crippen molar-refractivity contribution in [2.45, 2.75) is 31.9 Å². The summed E-state index contributed by atoms with van der Waals surface area (Å²) < 4.78 is 44.1. The van der Waals surface area contributed by atoms with Crippen molar-refractivity contribution in [3.05, 3.63) is 64.8 Å². The molecule has 156 valence electrons. The van der Waals surface area contributed by atoms with Gasteiger partial charge in [0.25, 0.3) is 5.91 Å². The number of hydrogen-bond acceptors (Lipinski definition) is 3. The largest absolute Gasteiger partial charge is 0.452 e. The van der Waals surface area contributed by atoms with Gasteiger partial charge in [0.15, 0.2) is 6.61 Å². The summed E-state index contributed by atoms with van der Waals surface area (Å²) in [6, 6.07) is 9.75. The van der Waals surface area contributed by atoms with Crippen LogP contribution in [0.25, 0.3) is 10.9 Å². The smallest absolute Gasteiger partial charge is 0.418 e. The lowest BCUT2D eigenvalue weighted by Crippen LogP contribution is -2.22. The molecule has 1 heterocycles. The van der Waals surface area contributed by atoms with Crippen molar-refractivity contribution in [2.75, 3.05) is 11.9 Å². The number of hydrogen-bond donors (Lipinski definition) is 2. The summed E-state index contributed by atoms with van der Waals surface area (Å²) in [5.41, 5.74) is 2.27. The maximum Gasteiger partial charge on any atom is 0.418 e. The van der Waals surface area contributed by atoms with Gasteiger partial charge in [0.05, 0.1) is 16.8 Å². The predicted octanol–water partition coefficient (Wildman–Crippen LogP) is 4.86. The number of aromatic nitrogens is 1. The molecule has 30 heavy (non-hydrogen) atoms. The summed E-state index contributed by atoms with van der Waals surface area (Å²) in [5.74, 6) is -1.55. The van der Waals surface area contributed by atoms with Crippen molar-refractivity contribution in [1.82, 2.24) is 4.98 Å². The van der Waals surface area contributed by atoms with Crippen LogP contribution in [-0.2, 0) is 28.5 Å². The minimum absolute atomic E-state index is 0.290. The molecular formula is C22H19F3N2O3. The molecule has 0 bridgehead atoms. The van der Waals surface area contributed by atoms with E-state index in [9.17, 15) is 22.8 Å². The van der Waals surface area contributed by atoms with Gasteiger partial charge in [-0.1, -0.05) is 12.1 Å². The first-order chi connectivity index (χ1) is 14.3. The monoisotopic (exact) mass is 416 g/mol. The number of anilines is 1. The number of alkyl halides is 3. The van der Waals surface area contributed by atoms with Crippen LogP contribution in [0.4, 0.5) is 18.9 Å². The molecule has 1 aliphatic carbocycles. The third-order valence-corrected chi connectivity index (χ3v) is 5.17. The number of fused-ring (bicyclic) bond motifs is 3. The summed E-state index contributed by atoms with van der Waals surface area (Å²) in [7, 11) is 0. The molecule has 0 unspecified atom stereocenters. The Bertz CT molecular complexity index is 1120. The molecule has 4 rings (SSSR count). The van der Waals surface area contributed by atoms with Crippen LogP contribution in [0.3, 0.4) is 0 Å². The molecule has 2 N–H and O–H groups in total. The number of H-pyrrole nitrogens is 1. The number of aromatic amines is 1. The first kappa shape index (κ1) is 20.0. The molecule has 8 heteroatoms. The van der Waals surface area contributed by atoms with Crippen LogP contribution in [0.1, 0.15) is 40.0 Å². The Morgan fingerprint density at radius 3 is 2.63 bits per heavy atom. The summed E-state index contributed by atoms with van der Waals surface area (Å²) >= 11 is 0. The summed E-state index contributed by atoms with van der Waals surface area (Å²) in [4.78, 5) is 27.8. The molecule has 0 saturated heterocycles. The van der Waals surface area contributed by atoms with E-state index in [0.29, 0.717) is 5.56 Å². The molecule has 5 nitrogen and oxygen atoms in total. The normalized spacial score (nSPS) is 13.7. The highest BCUT2D eigenvalue weighted by atomic mass is 19.4. The fourth-order valence-electron chi connectivity index (χ4n) is 3.77. The highest BCUT2D eigenvalue weighted by molar-refractivity contribution is 5.98. The Hall–Kier alpha value is -3.29. The Morgan fingerprint density at radius 2 is 1.83 bits per heavy atom. The van der Waals surface area contributed by atoms with Gasteiger partial charge in [-0.15, -0.1) is 0 Å². The SMILES string of the molecule is O=C(COC(=O)c1ccc2[nH]c3c(c2c1)CCCC3)Nc1ccccc1C(F)(F)F. The highest BCUT2D eigenvalue weighted by Gasteiger charge is 2.33. The molecule has 0 aliphatic heterocycles. The Morgan fingerprint density at radius 1 is 1.07 bits per heavy atom. The van der Waals surface area contributed by atoms with E-state index >= 15 is 0 Å². The number of carbonyl (C=O) groups is 2. The van der Waals surface area contributed by atoms with Crippen LogP contribution < -0.4 is 5.32 Å². The molecule has 0 spiro atoms. The van der Waals surface area contributed by atoms with Crippen molar-refractivity contribution in [3.63, 3.8) is 0 Å². The number of carbonyl (C=O) groups excluding carboxylic acids is 2. The number of rotatable bonds is 4. The van der Waals surface area contributed by atoms with Gasteiger partial charge in [0.1, 0.15) is 0 Å². The van der Waals surface area contributed by atoms with Gasteiger partial charge in [-0.2, -0.15) is 13.2 Å². The molecule has 0 saturated carbocycles. The highest BCUT2D eigenvalue weighted by Crippen LogP contribution is 2.34. The Balaban J connectivity index is 1.43. The van der Waals surface area contributed by atoms with Crippen molar-refractivity contribution < 1.29 is 27.5 Å². The second kappa shape index (κ2) is 7.85. The van der Waals surface area contributed by atoms with E-state index < -0.39 is 30.2 Å². The third kappa shape index (κ3) is 4.03. The van der Waals surface area contributed by atoms with E-state index in [0.717, 1.165) is 48.7 Å². The topological polar surface area (TPSA) is 71.2 Å².